The van der Waals surface area contributed by atoms with Crippen LogP contribution in [0.1, 0.15) is 6.92 Å². The molecule has 4 heteroatoms. The van der Waals surface area contributed by atoms with E-state index in [0.717, 1.165) is 11.9 Å². The van der Waals surface area contributed by atoms with Crippen molar-refractivity contribution < 1.29 is 9.90 Å². The zero-order chi connectivity index (χ0) is 6.57. The Morgan fingerprint density at radius 1 is 2.00 bits per heavy atom. The van der Waals surface area contributed by atoms with Gasteiger partial charge in [0, 0.05) is 5.75 Å². The Bertz CT molecular complexity index is 86.1. The predicted octanol–water partition coefficient (Wildman–Crippen LogP) is 0.314. The lowest BCUT2D eigenvalue weighted by Gasteiger charge is -1.99. The molecule has 0 aliphatic carbocycles. The smallest absolute Gasteiger partial charge is 0.307 e. The third-order valence-electron chi connectivity index (χ3n) is 0.768. The van der Waals surface area contributed by atoms with Crippen LogP contribution in [-0.2, 0) is 4.79 Å². The second-order valence-corrected chi connectivity index (χ2v) is 2.24. The number of carboxylic acids is 1. The van der Waals surface area contributed by atoms with Gasteiger partial charge in [0.2, 0.25) is 0 Å². The molecule has 0 amide bonds. The highest BCUT2D eigenvalue weighted by Crippen LogP contribution is 2.00. The molecular formula is C4H9NO2S. The van der Waals surface area contributed by atoms with Gasteiger partial charge in [0.15, 0.2) is 0 Å². The lowest BCUT2D eigenvalue weighted by atomic mass is 10.2. The van der Waals surface area contributed by atoms with Crippen LogP contribution >= 0.6 is 11.9 Å². The molecule has 0 unspecified atom stereocenters. The molecule has 0 saturated carbocycles. The van der Waals surface area contributed by atoms with Crippen LogP contribution in [0.2, 0.25) is 0 Å². The van der Waals surface area contributed by atoms with E-state index in [0.29, 0.717) is 5.75 Å². The summed E-state index contributed by atoms with van der Waals surface area (Å²) in [4.78, 5) is 10.0. The van der Waals surface area contributed by atoms with E-state index in [-0.39, 0.29) is 5.92 Å². The largest absolute Gasteiger partial charge is 0.481 e. The molecular weight excluding hydrogens is 126 g/mol. The maximum Gasteiger partial charge on any atom is 0.307 e. The van der Waals surface area contributed by atoms with Crippen molar-refractivity contribution in [1.29, 1.82) is 0 Å². The summed E-state index contributed by atoms with van der Waals surface area (Å²) in [6, 6.07) is 0. The second-order valence-electron chi connectivity index (χ2n) is 1.57. The molecule has 0 radical (unpaired) electrons. The van der Waals surface area contributed by atoms with Crippen LogP contribution in [0.5, 0.6) is 0 Å². The maximum absolute atomic E-state index is 10.0. The molecule has 3 nitrogen and oxygen atoms in total. The monoisotopic (exact) mass is 135 g/mol. The van der Waals surface area contributed by atoms with Crippen molar-refractivity contribution in [2.45, 2.75) is 6.92 Å². The zero-order valence-electron chi connectivity index (χ0n) is 4.63. The topological polar surface area (TPSA) is 63.3 Å². The van der Waals surface area contributed by atoms with Crippen molar-refractivity contribution in [1.82, 2.24) is 0 Å². The first-order chi connectivity index (χ1) is 3.68. The maximum atomic E-state index is 10.0. The molecule has 0 aromatic heterocycles. The average Bonchev–Trinajstić information content (AvgIpc) is 1.67. The molecule has 48 valence electrons. The van der Waals surface area contributed by atoms with E-state index in [1.165, 1.54) is 0 Å². The van der Waals surface area contributed by atoms with Gasteiger partial charge in [-0.25, -0.2) is 0 Å². The first-order valence-electron chi connectivity index (χ1n) is 2.23. The van der Waals surface area contributed by atoms with E-state index >= 15 is 0 Å². The van der Waals surface area contributed by atoms with Crippen molar-refractivity contribution in [3.05, 3.63) is 0 Å². The van der Waals surface area contributed by atoms with Gasteiger partial charge in [0.1, 0.15) is 0 Å². The van der Waals surface area contributed by atoms with Crippen LogP contribution in [-0.4, -0.2) is 16.8 Å². The minimum Gasteiger partial charge on any atom is -0.481 e. The number of carbonyl (C=O) groups is 1. The van der Waals surface area contributed by atoms with Crippen molar-refractivity contribution in [2.24, 2.45) is 11.1 Å². The molecule has 0 heterocycles. The fourth-order valence-corrected chi connectivity index (χ4v) is 0.647. The predicted molar refractivity (Wildman–Crippen MR) is 33.4 cm³/mol. The fourth-order valence-electron chi connectivity index (χ4n) is 0.216. The zero-order valence-corrected chi connectivity index (χ0v) is 5.44. The highest BCUT2D eigenvalue weighted by Gasteiger charge is 2.08. The molecule has 0 aliphatic rings. The van der Waals surface area contributed by atoms with Gasteiger partial charge < -0.3 is 5.11 Å². The highest BCUT2D eigenvalue weighted by atomic mass is 32.2. The molecule has 0 aromatic carbocycles. The van der Waals surface area contributed by atoms with Gasteiger partial charge in [-0.2, -0.15) is 0 Å². The van der Waals surface area contributed by atoms with Crippen molar-refractivity contribution in [3.63, 3.8) is 0 Å². The summed E-state index contributed by atoms with van der Waals surface area (Å²) >= 11 is 1.06. The van der Waals surface area contributed by atoms with Crippen molar-refractivity contribution in [3.8, 4) is 0 Å². The molecule has 0 aliphatic heterocycles. The van der Waals surface area contributed by atoms with Gasteiger partial charge >= 0.3 is 5.97 Å². The third-order valence-corrected chi connectivity index (χ3v) is 1.46. The Balaban J connectivity index is 3.32. The average molecular weight is 135 g/mol. The minimum atomic E-state index is -0.789. The van der Waals surface area contributed by atoms with Crippen LogP contribution in [0, 0.1) is 5.92 Å². The van der Waals surface area contributed by atoms with Crippen molar-refractivity contribution in [2.75, 3.05) is 5.75 Å². The SMILES string of the molecule is C[C@H](CSN)C(=O)O. The summed E-state index contributed by atoms with van der Waals surface area (Å²) in [6.45, 7) is 1.63. The number of aliphatic carboxylic acids is 1. The second kappa shape index (κ2) is 3.74. The Morgan fingerprint density at radius 2 is 2.50 bits per heavy atom. The molecule has 8 heavy (non-hydrogen) atoms. The molecule has 3 N–H and O–H groups in total. The lowest BCUT2D eigenvalue weighted by molar-refractivity contribution is -0.140. The van der Waals surface area contributed by atoms with Gasteiger partial charge in [0.25, 0.3) is 0 Å². The molecule has 0 aromatic rings. The molecule has 0 fully saturated rings. The van der Waals surface area contributed by atoms with Gasteiger partial charge in [-0.15, -0.1) is 0 Å². The number of hydrogen-bond donors (Lipinski definition) is 2. The van der Waals surface area contributed by atoms with Crippen LogP contribution < -0.4 is 5.14 Å². The fraction of sp³-hybridized carbons (Fsp3) is 0.750. The van der Waals surface area contributed by atoms with E-state index < -0.39 is 5.97 Å². The Hall–Kier alpha value is -0.220. The standard InChI is InChI=1S/C4H9NO2S/c1-3(2-8-5)4(6)7/h3H,2,5H2,1H3,(H,6,7)/t3-/m1/s1. The summed E-state index contributed by atoms with van der Waals surface area (Å²) in [5.74, 6) is -0.636. The van der Waals surface area contributed by atoms with Gasteiger partial charge in [-0.1, -0.05) is 18.9 Å². The van der Waals surface area contributed by atoms with Crippen LogP contribution in [0.3, 0.4) is 0 Å². The molecule has 1 atom stereocenters. The van der Waals surface area contributed by atoms with Crippen molar-refractivity contribution >= 4 is 17.9 Å². The third kappa shape index (κ3) is 2.87. The van der Waals surface area contributed by atoms with Gasteiger partial charge in [-0.05, 0) is 0 Å². The summed E-state index contributed by atoms with van der Waals surface area (Å²) in [5, 5.41) is 13.3. The summed E-state index contributed by atoms with van der Waals surface area (Å²) in [6.07, 6.45) is 0. The number of nitrogens with two attached hydrogens (primary N) is 1. The van der Waals surface area contributed by atoms with E-state index in [1.807, 2.05) is 0 Å². The van der Waals surface area contributed by atoms with E-state index in [9.17, 15) is 4.79 Å². The van der Waals surface area contributed by atoms with E-state index in [2.05, 4.69) is 0 Å². The summed E-state index contributed by atoms with van der Waals surface area (Å²) in [5.41, 5.74) is 0. The minimum absolute atomic E-state index is 0.329. The first kappa shape index (κ1) is 7.78. The van der Waals surface area contributed by atoms with Crippen LogP contribution in [0.15, 0.2) is 0 Å². The van der Waals surface area contributed by atoms with Gasteiger partial charge in [-0.3, -0.25) is 9.93 Å². The van der Waals surface area contributed by atoms with E-state index in [1.54, 1.807) is 6.92 Å². The number of carboxylic acid groups (broad SMARTS) is 1. The Labute approximate surface area is 52.4 Å². The molecule has 0 bridgehead atoms. The summed E-state index contributed by atoms with van der Waals surface area (Å²) < 4.78 is 0. The van der Waals surface area contributed by atoms with Gasteiger partial charge in [0.05, 0.1) is 5.92 Å². The quantitative estimate of drug-likeness (QED) is 0.547. The Kier molecular flexibility index (Phi) is 3.64. The number of rotatable bonds is 3. The lowest BCUT2D eigenvalue weighted by Crippen LogP contribution is -2.12. The highest BCUT2D eigenvalue weighted by molar-refractivity contribution is 7.97. The molecule has 0 rings (SSSR count). The van der Waals surface area contributed by atoms with E-state index in [4.69, 9.17) is 10.2 Å². The number of hydrogen-bond acceptors (Lipinski definition) is 3. The Morgan fingerprint density at radius 3 is 2.62 bits per heavy atom. The summed E-state index contributed by atoms with van der Waals surface area (Å²) in [7, 11) is 0. The van der Waals surface area contributed by atoms with Crippen LogP contribution in [0.4, 0.5) is 0 Å². The molecule has 0 spiro atoms. The first-order valence-corrected chi connectivity index (χ1v) is 3.28. The molecule has 0 saturated heterocycles. The van der Waals surface area contributed by atoms with Crippen LogP contribution in [0.25, 0.3) is 0 Å². The normalized spacial score (nSPS) is 13.2.